The van der Waals surface area contributed by atoms with E-state index in [2.05, 4.69) is 44.7 Å². The van der Waals surface area contributed by atoms with E-state index >= 15 is 0 Å². The fourth-order valence-corrected chi connectivity index (χ4v) is 3.44. The summed E-state index contributed by atoms with van der Waals surface area (Å²) in [6.45, 7) is 7.51. The Kier molecular flexibility index (Phi) is 4.35. The lowest BCUT2D eigenvalue weighted by Crippen LogP contribution is -2.36. The molecule has 2 fully saturated rings. The third kappa shape index (κ3) is 3.28. The van der Waals surface area contributed by atoms with Gasteiger partial charge in [-0.25, -0.2) is 19.9 Å². The molecule has 8 nitrogen and oxygen atoms in total. The highest BCUT2D eigenvalue weighted by Crippen LogP contribution is 2.30. The standard InChI is InChI=1S/C20H25N7O/c1-13(2)27-12-22-17-19(23-15-4-5-15)24-18(25-20(17)27)14-3-6-16(21-11-14)26-7-9-28-10-8-26/h3,6,11-13,15H,4-5,7-10H2,1-2H3,(H,23,24,25). The van der Waals surface area contributed by atoms with Crippen LogP contribution in [0.15, 0.2) is 24.7 Å². The van der Waals surface area contributed by atoms with Crippen molar-refractivity contribution in [3.63, 3.8) is 0 Å². The van der Waals surface area contributed by atoms with Gasteiger partial charge in [0.05, 0.1) is 19.5 Å². The van der Waals surface area contributed by atoms with Crippen molar-refractivity contribution in [2.75, 3.05) is 36.5 Å². The number of rotatable bonds is 5. The fourth-order valence-electron chi connectivity index (χ4n) is 3.44. The molecular weight excluding hydrogens is 354 g/mol. The van der Waals surface area contributed by atoms with E-state index in [1.807, 2.05) is 18.6 Å². The van der Waals surface area contributed by atoms with Gasteiger partial charge in [-0.05, 0) is 38.8 Å². The van der Waals surface area contributed by atoms with Gasteiger partial charge in [-0.3, -0.25) is 0 Å². The van der Waals surface area contributed by atoms with Crippen LogP contribution in [0.2, 0.25) is 0 Å². The van der Waals surface area contributed by atoms with Crippen molar-refractivity contribution in [1.29, 1.82) is 0 Å². The van der Waals surface area contributed by atoms with E-state index in [-0.39, 0.29) is 6.04 Å². The molecule has 3 aromatic rings. The van der Waals surface area contributed by atoms with Gasteiger partial charge in [-0.2, -0.15) is 0 Å². The Morgan fingerprint density at radius 3 is 2.61 bits per heavy atom. The molecule has 3 aromatic heterocycles. The van der Waals surface area contributed by atoms with Gasteiger partial charge >= 0.3 is 0 Å². The van der Waals surface area contributed by atoms with E-state index in [0.717, 1.165) is 54.7 Å². The maximum Gasteiger partial charge on any atom is 0.166 e. The average Bonchev–Trinajstić information content (AvgIpc) is 3.43. The first-order valence-corrected chi connectivity index (χ1v) is 9.99. The second kappa shape index (κ2) is 7.01. The van der Waals surface area contributed by atoms with Crippen molar-refractivity contribution >= 4 is 22.8 Å². The molecule has 1 saturated heterocycles. The number of morpholine rings is 1. The molecule has 28 heavy (non-hydrogen) atoms. The Balaban J connectivity index is 1.52. The van der Waals surface area contributed by atoms with Crippen LogP contribution in [0.4, 0.5) is 11.6 Å². The molecule has 0 spiro atoms. The van der Waals surface area contributed by atoms with E-state index < -0.39 is 0 Å². The van der Waals surface area contributed by atoms with E-state index in [1.54, 1.807) is 0 Å². The summed E-state index contributed by atoms with van der Waals surface area (Å²) >= 11 is 0. The van der Waals surface area contributed by atoms with Crippen LogP contribution in [0.1, 0.15) is 32.7 Å². The summed E-state index contributed by atoms with van der Waals surface area (Å²) in [5.74, 6) is 2.47. The number of aromatic nitrogens is 5. The topological polar surface area (TPSA) is 81.0 Å². The Morgan fingerprint density at radius 1 is 1.11 bits per heavy atom. The van der Waals surface area contributed by atoms with Crippen molar-refractivity contribution in [3.05, 3.63) is 24.7 Å². The van der Waals surface area contributed by atoms with Gasteiger partial charge in [0, 0.05) is 36.9 Å². The molecule has 0 radical (unpaired) electrons. The fraction of sp³-hybridized carbons (Fsp3) is 0.500. The molecule has 5 rings (SSSR count). The second-order valence-electron chi connectivity index (χ2n) is 7.74. The van der Waals surface area contributed by atoms with Gasteiger partial charge in [0.25, 0.3) is 0 Å². The normalized spacial score (nSPS) is 17.5. The summed E-state index contributed by atoms with van der Waals surface area (Å²) in [4.78, 5) is 21.1. The molecule has 1 N–H and O–H groups in total. The predicted octanol–water partition coefficient (Wildman–Crippen LogP) is 2.88. The number of pyridine rings is 1. The van der Waals surface area contributed by atoms with Crippen LogP contribution < -0.4 is 10.2 Å². The van der Waals surface area contributed by atoms with Crippen LogP contribution >= 0.6 is 0 Å². The molecule has 2 aliphatic rings. The average molecular weight is 379 g/mol. The predicted molar refractivity (Wildman–Crippen MR) is 109 cm³/mol. The molecule has 8 heteroatoms. The minimum absolute atomic E-state index is 0.281. The number of fused-ring (bicyclic) bond motifs is 1. The van der Waals surface area contributed by atoms with Crippen molar-refractivity contribution < 1.29 is 4.74 Å². The van der Waals surface area contributed by atoms with Crippen LogP contribution in [0.3, 0.4) is 0 Å². The van der Waals surface area contributed by atoms with E-state index in [0.29, 0.717) is 11.9 Å². The highest BCUT2D eigenvalue weighted by molar-refractivity contribution is 5.85. The van der Waals surface area contributed by atoms with Gasteiger partial charge in [0.15, 0.2) is 17.3 Å². The Bertz CT molecular complexity index is 972. The summed E-state index contributed by atoms with van der Waals surface area (Å²) in [5.41, 5.74) is 2.61. The highest BCUT2D eigenvalue weighted by Gasteiger charge is 2.24. The lowest BCUT2D eigenvalue weighted by molar-refractivity contribution is 0.122. The largest absolute Gasteiger partial charge is 0.378 e. The van der Waals surface area contributed by atoms with Gasteiger partial charge in [-0.1, -0.05) is 0 Å². The quantitative estimate of drug-likeness (QED) is 0.730. The van der Waals surface area contributed by atoms with Crippen molar-refractivity contribution in [2.45, 2.75) is 38.8 Å². The van der Waals surface area contributed by atoms with Crippen molar-refractivity contribution in [2.24, 2.45) is 0 Å². The van der Waals surface area contributed by atoms with E-state index in [1.165, 1.54) is 12.8 Å². The summed E-state index contributed by atoms with van der Waals surface area (Å²) in [5, 5.41) is 3.51. The first-order chi connectivity index (χ1) is 13.7. The number of nitrogens with zero attached hydrogens (tertiary/aromatic N) is 6. The van der Waals surface area contributed by atoms with Crippen molar-refractivity contribution in [3.8, 4) is 11.4 Å². The SMILES string of the molecule is CC(C)n1cnc2c(NC3CC3)nc(-c3ccc(N4CCOCC4)nc3)nc21. The Morgan fingerprint density at radius 2 is 1.93 bits per heavy atom. The maximum absolute atomic E-state index is 5.42. The van der Waals surface area contributed by atoms with Gasteiger partial charge < -0.3 is 19.5 Å². The molecule has 0 aromatic carbocycles. The van der Waals surface area contributed by atoms with Crippen molar-refractivity contribution in [1.82, 2.24) is 24.5 Å². The van der Waals surface area contributed by atoms with E-state index in [4.69, 9.17) is 14.7 Å². The van der Waals surface area contributed by atoms with Crippen LogP contribution in [-0.4, -0.2) is 56.8 Å². The summed E-state index contributed by atoms with van der Waals surface area (Å²) in [7, 11) is 0. The van der Waals surface area contributed by atoms with Crippen LogP contribution in [0.5, 0.6) is 0 Å². The zero-order valence-electron chi connectivity index (χ0n) is 16.3. The number of ether oxygens (including phenoxy) is 1. The molecule has 1 aliphatic carbocycles. The third-order valence-corrected chi connectivity index (χ3v) is 5.24. The lowest BCUT2D eigenvalue weighted by atomic mass is 10.2. The van der Waals surface area contributed by atoms with Gasteiger partial charge in [-0.15, -0.1) is 0 Å². The van der Waals surface area contributed by atoms with Crippen LogP contribution in [0.25, 0.3) is 22.6 Å². The maximum atomic E-state index is 5.42. The molecule has 0 amide bonds. The minimum Gasteiger partial charge on any atom is -0.378 e. The summed E-state index contributed by atoms with van der Waals surface area (Å²) in [6, 6.07) is 4.87. The molecule has 1 aliphatic heterocycles. The highest BCUT2D eigenvalue weighted by atomic mass is 16.5. The summed E-state index contributed by atoms with van der Waals surface area (Å²) in [6.07, 6.45) is 6.08. The molecule has 0 atom stereocenters. The summed E-state index contributed by atoms with van der Waals surface area (Å²) < 4.78 is 7.51. The van der Waals surface area contributed by atoms with Gasteiger partial charge in [0.1, 0.15) is 11.3 Å². The molecule has 146 valence electrons. The Hall–Kier alpha value is -2.74. The van der Waals surface area contributed by atoms with Gasteiger partial charge in [0.2, 0.25) is 0 Å². The first-order valence-electron chi connectivity index (χ1n) is 9.99. The third-order valence-electron chi connectivity index (χ3n) is 5.24. The number of hydrogen-bond donors (Lipinski definition) is 1. The monoisotopic (exact) mass is 379 g/mol. The molecule has 0 unspecified atom stereocenters. The Labute approximate surface area is 164 Å². The zero-order chi connectivity index (χ0) is 19.1. The van der Waals surface area contributed by atoms with Crippen LogP contribution in [-0.2, 0) is 4.74 Å². The second-order valence-corrected chi connectivity index (χ2v) is 7.74. The molecular formula is C20H25N7O. The number of hydrogen-bond acceptors (Lipinski definition) is 7. The smallest absolute Gasteiger partial charge is 0.166 e. The number of nitrogens with one attached hydrogen (secondary N) is 1. The number of anilines is 2. The molecule has 0 bridgehead atoms. The number of imidazole rings is 1. The first kappa shape index (κ1) is 17.4. The van der Waals surface area contributed by atoms with E-state index in [9.17, 15) is 0 Å². The van der Waals surface area contributed by atoms with Crippen LogP contribution in [0, 0.1) is 0 Å². The molecule has 4 heterocycles. The molecule has 1 saturated carbocycles. The lowest BCUT2D eigenvalue weighted by Gasteiger charge is -2.27. The zero-order valence-corrected chi connectivity index (χ0v) is 16.3. The minimum atomic E-state index is 0.281.